The van der Waals surface area contributed by atoms with Crippen molar-refractivity contribution in [2.24, 2.45) is 5.92 Å². The maximum Gasteiger partial charge on any atom is 0.243 e. The first kappa shape index (κ1) is 25.4. The molecule has 3 aromatic rings. The van der Waals surface area contributed by atoms with Crippen LogP contribution in [-0.4, -0.2) is 31.7 Å². The summed E-state index contributed by atoms with van der Waals surface area (Å²) in [6.45, 7) is 0.732. The van der Waals surface area contributed by atoms with Crippen molar-refractivity contribution >= 4 is 27.5 Å². The number of carbonyl (C=O) groups is 1. The smallest absolute Gasteiger partial charge is 0.243 e. The van der Waals surface area contributed by atoms with Gasteiger partial charge in [-0.25, -0.2) is 8.42 Å². The summed E-state index contributed by atoms with van der Waals surface area (Å²) in [5, 5.41) is 3.40. The molecule has 1 fully saturated rings. The van der Waals surface area contributed by atoms with Crippen LogP contribution in [0.3, 0.4) is 0 Å². The van der Waals surface area contributed by atoms with Crippen molar-refractivity contribution in [3.8, 4) is 0 Å². The van der Waals surface area contributed by atoms with Crippen LogP contribution in [0.5, 0.6) is 0 Å². The van der Waals surface area contributed by atoms with Gasteiger partial charge in [0.25, 0.3) is 0 Å². The number of sulfonamides is 1. The molecule has 1 aliphatic rings. The number of amides is 1. The van der Waals surface area contributed by atoms with Gasteiger partial charge in [0.15, 0.2) is 0 Å². The molecule has 4 rings (SSSR count). The van der Waals surface area contributed by atoms with Gasteiger partial charge in [-0.05, 0) is 61.4 Å². The summed E-state index contributed by atoms with van der Waals surface area (Å²) in [6, 6.07) is 25.9. The van der Waals surface area contributed by atoms with E-state index < -0.39 is 15.9 Å². The monoisotopic (exact) mass is 510 g/mol. The number of benzene rings is 3. The zero-order chi connectivity index (χ0) is 24.7. The number of rotatable bonds is 9. The minimum Gasteiger partial charge on any atom is -0.356 e. The van der Waals surface area contributed by atoms with Gasteiger partial charge in [0.1, 0.15) is 0 Å². The van der Waals surface area contributed by atoms with Crippen molar-refractivity contribution in [2.75, 3.05) is 13.1 Å². The Morgan fingerprint density at radius 1 is 0.914 bits per heavy atom. The van der Waals surface area contributed by atoms with Gasteiger partial charge in [0, 0.05) is 18.1 Å². The fourth-order valence-electron chi connectivity index (χ4n) is 4.64. The number of unbranched alkanes of at least 4 members (excludes halogenated alkanes) is 1. The summed E-state index contributed by atoms with van der Waals surface area (Å²) in [5.41, 5.74) is 2.22. The normalized spacial score (nSPS) is 18.8. The summed E-state index contributed by atoms with van der Waals surface area (Å²) in [4.78, 5) is 13.1. The van der Waals surface area contributed by atoms with E-state index in [0.717, 1.165) is 24.8 Å². The molecule has 2 atom stereocenters. The van der Waals surface area contributed by atoms with Crippen LogP contribution in [0.15, 0.2) is 89.8 Å². The first-order valence-electron chi connectivity index (χ1n) is 12.1. The van der Waals surface area contributed by atoms with Crippen LogP contribution >= 0.6 is 11.6 Å². The molecule has 3 aromatic carbocycles. The van der Waals surface area contributed by atoms with Crippen molar-refractivity contribution in [1.29, 1.82) is 0 Å². The summed E-state index contributed by atoms with van der Waals surface area (Å²) in [6.07, 6.45) is 4.06. The van der Waals surface area contributed by atoms with Crippen LogP contribution in [0, 0.1) is 5.92 Å². The maximum atomic E-state index is 13.7. The number of aryl methyl sites for hydroxylation is 1. The molecule has 1 saturated heterocycles. The number of hydrogen-bond donors (Lipinski definition) is 1. The van der Waals surface area contributed by atoms with E-state index in [1.54, 1.807) is 18.2 Å². The van der Waals surface area contributed by atoms with Gasteiger partial charge in [-0.15, -0.1) is 0 Å². The molecule has 2 unspecified atom stereocenters. The van der Waals surface area contributed by atoms with Gasteiger partial charge in [-0.1, -0.05) is 78.3 Å². The highest BCUT2D eigenvalue weighted by Crippen LogP contribution is 2.38. The average molecular weight is 511 g/mol. The number of hydrogen-bond acceptors (Lipinski definition) is 3. The summed E-state index contributed by atoms with van der Waals surface area (Å²) in [7, 11) is -3.84. The van der Waals surface area contributed by atoms with Crippen LogP contribution in [0.1, 0.15) is 42.9 Å². The Hall–Kier alpha value is -2.67. The SMILES string of the molecule is O=C(NCCCCc1ccccc1)C1CCC(c2ccccc2)N(S(=O)(=O)c2cccc(Cl)c2)C1. The van der Waals surface area contributed by atoms with E-state index in [0.29, 0.717) is 24.4 Å². The second-order valence-electron chi connectivity index (χ2n) is 8.97. The Morgan fingerprint density at radius 3 is 2.34 bits per heavy atom. The highest BCUT2D eigenvalue weighted by Gasteiger charge is 2.40. The number of piperidine rings is 1. The first-order valence-corrected chi connectivity index (χ1v) is 13.9. The molecular formula is C28H31ClN2O3S. The predicted octanol–water partition coefficient (Wildman–Crippen LogP) is 5.62. The van der Waals surface area contributed by atoms with Gasteiger partial charge >= 0.3 is 0 Å². The van der Waals surface area contributed by atoms with Crippen molar-refractivity contribution in [3.63, 3.8) is 0 Å². The quantitative estimate of drug-likeness (QED) is 0.380. The highest BCUT2D eigenvalue weighted by molar-refractivity contribution is 7.89. The molecule has 0 aliphatic carbocycles. The maximum absolute atomic E-state index is 13.7. The fourth-order valence-corrected chi connectivity index (χ4v) is 6.63. The van der Waals surface area contributed by atoms with E-state index in [-0.39, 0.29) is 23.4 Å². The van der Waals surface area contributed by atoms with Gasteiger partial charge in [-0.3, -0.25) is 4.79 Å². The predicted molar refractivity (Wildman–Crippen MR) is 140 cm³/mol. The van der Waals surface area contributed by atoms with Crippen LogP contribution in [0.25, 0.3) is 0 Å². The second-order valence-corrected chi connectivity index (χ2v) is 11.3. The average Bonchev–Trinajstić information content (AvgIpc) is 2.89. The van der Waals surface area contributed by atoms with Crippen LogP contribution in [0.2, 0.25) is 5.02 Å². The third-order valence-corrected chi connectivity index (χ3v) is 8.63. The van der Waals surface area contributed by atoms with Crippen molar-refractivity contribution in [3.05, 3.63) is 101 Å². The van der Waals surface area contributed by atoms with Gasteiger partial charge in [0.2, 0.25) is 15.9 Å². The third kappa shape index (κ3) is 6.51. The molecule has 1 aliphatic heterocycles. The lowest BCUT2D eigenvalue weighted by Gasteiger charge is -2.38. The summed E-state index contributed by atoms with van der Waals surface area (Å²) in [5.74, 6) is -0.472. The summed E-state index contributed by atoms with van der Waals surface area (Å²) < 4.78 is 28.8. The Kier molecular flexibility index (Phi) is 8.60. The zero-order valence-corrected chi connectivity index (χ0v) is 21.2. The minimum atomic E-state index is -3.84. The Labute approximate surface area is 213 Å². The highest BCUT2D eigenvalue weighted by atomic mass is 35.5. The van der Waals surface area contributed by atoms with Crippen molar-refractivity contribution in [1.82, 2.24) is 9.62 Å². The van der Waals surface area contributed by atoms with Gasteiger partial charge in [0.05, 0.1) is 16.9 Å². The van der Waals surface area contributed by atoms with E-state index in [2.05, 4.69) is 17.4 Å². The first-order chi connectivity index (χ1) is 16.9. The number of nitrogens with zero attached hydrogens (tertiary/aromatic N) is 1. The number of halogens is 1. The van der Waals surface area contributed by atoms with E-state index >= 15 is 0 Å². The standard InChI is InChI=1S/C28H31ClN2O3S/c29-25-15-9-16-26(20-25)35(33,34)31-21-24(17-18-27(31)23-13-5-2-6-14-23)28(32)30-19-8-7-12-22-10-3-1-4-11-22/h1-6,9-11,13-16,20,24,27H,7-8,12,17-19,21H2,(H,30,32). The molecule has 0 aromatic heterocycles. The van der Waals surface area contributed by atoms with Crippen molar-refractivity contribution < 1.29 is 13.2 Å². The van der Waals surface area contributed by atoms with Crippen molar-refractivity contribution in [2.45, 2.75) is 43.0 Å². The Bertz CT molecular complexity index is 1220. The third-order valence-electron chi connectivity index (χ3n) is 6.53. The lowest BCUT2D eigenvalue weighted by Crippen LogP contribution is -2.47. The fraction of sp³-hybridized carbons (Fsp3) is 0.321. The molecule has 5 nitrogen and oxygen atoms in total. The molecule has 0 radical (unpaired) electrons. The molecule has 1 heterocycles. The zero-order valence-electron chi connectivity index (χ0n) is 19.6. The van der Waals surface area contributed by atoms with E-state index in [1.165, 1.54) is 15.9 Å². The molecule has 1 amide bonds. The second kappa shape index (κ2) is 11.8. The van der Waals surface area contributed by atoms with E-state index in [1.807, 2.05) is 48.5 Å². The van der Waals surface area contributed by atoms with Gasteiger partial charge in [-0.2, -0.15) is 4.31 Å². The van der Waals surface area contributed by atoms with Crippen LogP contribution in [-0.2, 0) is 21.2 Å². The summed E-state index contributed by atoms with van der Waals surface area (Å²) >= 11 is 6.10. The molecule has 0 spiro atoms. The van der Waals surface area contributed by atoms with Crippen LogP contribution < -0.4 is 5.32 Å². The number of nitrogens with one attached hydrogen (secondary N) is 1. The topological polar surface area (TPSA) is 66.5 Å². The Balaban J connectivity index is 1.42. The van der Waals surface area contributed by atoms with E-state index in [4.69, 9.17) is 11.6 Å². The molecule has 1 N–H and O–H groups in total. The largest absolute Gasteiger partial charge is 0.356 e. The molecule has 0 saturated carbocycles. The number of carbonyl (C=O) groups excluding carboxylic acids is 1. The minimum absolute atomic E-state index is 0.0810. The Morgan fingerprint density at radius 2 is 1.63 bits per heavy atom. The van der Waals surface area contributed by atoms with Gasteiger partial charge < -0.3 is 5.32 Å². The lowest BCUT2D eigenvalue weighted by atomic mass is 9.90. The molecular weight excluding hydrogens is 480 g/mol. The van der Waals surface area contributed by atoms with E-state index in [9.17, 15) is 13.2 Å². The molecule has 7 heteroatoms. The molecule has 0 bridgehead atoms. The van der Waals surface area contributed by atoms with Crippen LogP contribution in [0.4, 0.5) is 0 Å². The molecule has 35 heavy (non-hydrogen) atoms. The molecule has 184 valence electrons. The lowest BCUT2D eigenvalue weighted by molar-refractivity contribution is -0.126.